The Labute approximate surface area is 167 Å². The Bertz CT molecular complexity index is 1080. The van der Waals surface area contributed by atoms with E-state index in [-0.39, 0.29) is 0 Å². The van der Waals surface area contributed by atoms with E-state index in [1.54, 1.807) is 18.2 Å². The van der Waals surface area contributed by atoms with Crippen molar-refractivity contribution in [3.05, 3.63) is 88.4 Å². The maximum Gasteiger partial charge on any atom is 0.229 e. The fraction of sp³-hybridized carbons (Fsp3) is 0.0476. The van der Waals surface area contributed by atoms with Crippen molar-refractivity contribution < 1.29 is 0 Å². The summed E-state index contributed by atoms with van der Waals surface area (Å²) in [6, 6.07) is 23.3. The van der Waals surface area contributed by atoms with Crippen LogP contribution in [0.2, 0.25) is 10.0 Å². The molecule has 0 aliphatic heterocycles. The van der Waals surface area contributed by atoms with Crippen LogP contribution in [-0.4, -0.2) is 9.97 Å². The van der Waals surface area contributed by atoms with Crippen LogP contribution in [-0.2, 0) is 6.54 Å². The lowest BCUT2D eigenvalue weighted by atomic mass is 10.2. The van der Waals surface area contributed by atoms with Gasteiger partial charge in [-0.25, -0.2) is 4.98 Å². The van der Waals surface area contributed by atoms with Gasteiger partial charge in [-0.2, -0.15) is 4.98 Å². The van der Waals surface area contributed by atoms with Gasteiger partial charge in [0.05, 0.1) is 16.2 Å². The number of hydrogen-bond donors (Lipinski definition) is 2. The van der Waals surface area contributed by atoms with E-state index in [4.69, 9.17) is 23.2 Å². The van der Waals surface area contributed by atoms with Gasteiger partial charge in [0.25, 0.3) is 0 Å². The number of nitrogens with zero attached hydrogens (tertiary/aromatic N) is 2. The monoisotopic (exact) mass is 394 g/mol. The maximum absolute atomic E-state index is 6.25. The highest BCUT2D eigenvalue weighted by atomic mass is 35.5. The van der Waals surface area contributed by atoms with Crippen LogP contribution in [0.5, 0.6) is 0 Å². The Morgan fingerprint density at radius 1 is 0.815 bits per heavy atom. The number of hydrogen-bond acceptors (Lipinski definition) is 4. The highest BCUT2D eigenvalue weighted by Gasteiger charge is 2.09. The minimum Gasteiger partial charge on any atom is -0.365 e. The lowest BCUT2D eigenvalue weighted by Crippen LogP contribution is -2.06. The van der Waals surface area contributed by atoms with Gasteiger partial charge in [-0.3, -0.25) is 0 Å². The fourth-order valence-electron chi connectivity index (χ4n) is 2.76. The third-order valence-corrected chi connectivity index (χ3v) is 4.65. The highest BCUT2D eigenvalue weighted by molar-refractivity contribution is 6.35. The van der Waals surface area contributed by atoms with Crippen LogP contribution in [0.25, 0.3) is 10.9 Å². The van der Waals surface area contributed by atoms with Crippen molar-refractivity contribution in [3.8, 4) is 0 Å². The number of benzene rings is 3. The molecule has 27 heavy (non-hydrogen) atoms. The number of anilines is 3. The van der Waals surface area contributed by atoms with E-state index in [9.17, 15) is 0 Å². The zero-order valence-electron chi connectivity index (χ0n) is 14.3. The summed E-state index contributed by atoms with van der Waals surface area (Å²) in [7, 11) is 0. The van der Waals surface area contributed by atoms with E-state index >= 15 is 0 Å². The number of rotatable bonds is 5. The molecule has 0 aliphatic rings. The Morgan fingerprint density at radius 3 is 2.44 bits per heavy atom. The molecule has 0 bridgehead atoms. The number of halogens is 2. The van der Waals surface area contributed by atoms with Crippen molar-refractivity contribution in [3.63, 3.8) is 0 Å². The minimum absolute atomic E-state index is 0.452. The first-order chi connectivity index (χ1) is 13.2. The smallest absolute Gasteiger partial charge is 0.229 e. The summed E-state index contributed by atoms with van der Waals surface area (Å²) in [5, 5.41) is 8.66. The molecule has 2 N–H and O–H groups in total. The van der Waals surface area contributed by atoms with Gasteiger partial charge in [0.15, 0.2) is 0 Å². The highest BCUT2D eigenvalue weighted by Crippen LogP contribution is 2.29. The standard InChI is InChI=1S/C21H16Cl2N4/c22-15-10-11-17(23)19(12-15)26-21-25-18-9-5-4-8-16(18)20(27-21)24-13-14-6-2-1-3-7-14/h1-12H,13H2,(H2,24,25,26,27). The minimum atomic E-state index is 0.452. The van der Waals surface area contributed by atoms with Crippen LogP contribution < -0.4 is 10.6 Å². The Hall–Kier alpha value is -2.82. The van der Waals surface area contributed by atoms with Gasteiger partial charge in [0.1, 0.15) is 5.82 Å². The second-order valence-electron chi connectivity index (χ2n) is 6.00. The first-order valence-electron chi connectivity index (χ1n) is 8.46. The second kappa shape index (κ2) is 7.82. The van der Waals surface area contributed by atoms with Gasteiger partial charge in [-0.05, 0) is 35.9 Å². The van der Waals surface area contributed by atoms with Gasteiger partial charge in [-0.1, -0.05) is 65.7 Å². The fourth-order valence-corrected chi connectivity index (χ4v) is 3.10. The van der Waals surface area contributed by atoms with Crippen LogP contribution >= 0.6 is 23.2 Å². The van der Waals surface area contributed by atoms with Crippen LogP contribution in [0.1, 0.15) is 5.56 Å². The Kier molecular flexibility index (Phi) is 5.10. The molecule has 0 radical (unpaired) electrons. The van der Waals surface area contributed by atoms with E-state index in [0.29, 0.717) is 28.2 Å². The average molecular weight is 395 g/mol. The molecule has 1 aromatic heterocycles. The quantitative estimate of drug-likeness (QED) is 0.417. The van der Waals surface area contributed by atoms with Crippen LogP contribution in [0.4, 0.5) is 17.5 Å². The third-order valence-electron chi connectivity index (χ3n) is 4.08. The molecule has 0 aliphatic carbocycles. The number of para-hydroxylation sites is 1. The van der Waals surface area contributed by atoms with Crippen molar-refractivity contribution in [2.75, 3.05) is 10.6 Å². The molecule has 1 heterocycles. The van der Waals surface area contributed by atoms with Gasteiger partial charge < -0.3 is 10.6 Å². The summed E-state index contributed by atoms with van der Waals surface area (Å²) in [4.78, 5) is 9.24. The predicted molar refractivity (Wildman–Crippen MR) is 113 cm³/mol. The molecule has 3 aromatic carbocycles. The molecule has 4 rings (SSSR count). The molecule has 4 aromatic rings. The predicted octanol–water partition coefficient (Wildman–Crippen LogP) is 6.29. The van der Waals surface area contributed by atoms with Crippen molar-refractivity contribution >= 4 is 51.6 Å². The van der Waals surface area contributed by atoms with E-state index in [0.717, 1.165) is 16.7 Å². The third kappa shape index (κ3) is 4.13. The molecule has 0 unspecified atom stereocenters. The topological polar surface area (TPSA) is 49.8 Å². The number of nitrogens with one attached hydrogen (secondary N) is 2. The summed E-state index contributed by atoms with van der Waals surface area (Å²) >= 11 is 12.3. The zero-order chi connectivity index (χ0) is 18.6. The van der Waals surface area contributed by atoms with E-state index in [2.05, 4.69) is 32.7 Å². The molecule has 0 fully saturated rings. The largest absolute Gasteiger partial charge is 0.365 e. The molecular formula is C21H16Cl2N4. The van der Waals surface area contributed by atoms with Gasteiger partial charge in [0.2, 0.25) is 5.95 Å². The van der Waals surface area contributed by atoms with Crippen LogP contribution in [0, 0.1) is 0 Å². The molecule has 6 heteroatoms. The molecule has 4 nitrogen and oxygen atoms in total. The summed E-state index contributed by atoms with van der Waals surface area (Å²) in [5.41, 5.74) is 2.67. The van der Waals surface area contributed by atoms with E-state index in [1.807, 2.05) is 42.5 Å². The summed E-state index contributed by atoms with van der Waals surface area (Å²) in [6.45, 7) is 0.666. The zero-order valence-corrected chi connectivity index (χ0v) is 15.8. The summed E-state index contributed by atoms with van der Waals surface area (Å²) < 4.78 is 0. The molecule has 0 saturated carbocycles. The summed E-state index contributed by atoms with van der Waals surface area (Å²) in [6.07, 6.45) is 0. The average Bonchev–Trinajstić information content (AvgIpc) is 2.70. The van der Waals surface area contributed by atoms with Crippen molar-refractivity contribution in [1.82, 2.24) is 9.97 Å². The molecule has 0 amide bonds. The Morgan fingerprint density at radius 2 is 1.59 bits per heavy atom. The Balaban J connectivity index is 1.68. The van der Waals surface area contributed by atoms with E-state index < -0.39 is 0 Å². The SMILES string of the molecule is Clc1ccc(Cl)c(Nc2nc(NCc3ccccc3)c3ccccc3n2)c1. The molecule has 0 saturated heterocycles. The molecule has 0 spiro atoms. The van der Waals surface area contributed by atoms with Crippen LogP contribution in [0.3, 0.4) is 0 Å². The molecule has 0 atom stereocenters. The first-order valence-corrected chi connectivity index (χ1v) is 9.21. The first kappa shape index (κ1) is 17.6. The molecule has 134 valence electrons. The van der Waals surface area contributed by atoms with Gasteiger partial charge in [-0.15, -0.1) is 0 Å². The summed E-state index contributed by atoms with van der Waals surface area (Å²) in [5.74, 6) is 1.21. The van der Waals surface area contributed by atoms with Gasteiger partial charge in [0, 0.05) is 17.0 Å². The number of fused-ring (bicyclic) bond motifs is 1. The molecular weight excluding hydrogens is 379 g/mol. The lowest BCUT2D eigenvalue weighted by Gasteiger charge is -2.13. The lowest BCUT2D eigenvalue weighted by molar-refractivity contribution is 1.10. The van der Waals surface area contributed by atoms with Crippen molar-refractivity contribution in [2.45, 2.75) is 6.54 Å². The van der Waals surface area contributed by atoms with Gasteiger partial charge >= 0.3 is 0 Å². The van der Waals surface area contributed by atoms with Crippen molar-refractivity contribution in [2.24, 2.45) is 0 Å². The second-order valence-corrected chi connectivity index (χ2v) is 6.84. The van der Waals surface area contributed by atoms with Crippen LogP contribution in [0.15, 0.2) is 72.8 Å². The van der Waals surface area contributed by atoms with E-state index in [1.165, 1.54) is 5.56 Å². The maximum atomic E-state index is 6.25. The number of aromatic nitrogens is 2. The normalized spacial score (nSPS) is 10.7. The van der Waals surface area contributed by atoms with Crippen molar-refractivity contribution in [1.29, 1.82) is 0 Å².